The molecule has 0 aliphatic carbocycles. The van der Waals surface area contributed by atoms with Gasteiger partial charge in [-0.2, -0.15) is 0 Å². The van der Waals surface area contributed by atoms with E-state index in [1.165, 1.54) is 0 Å². The first-order valence-corrected chi connectivity index (χ1v) is 6.69. The molecule has 3 rings (SSSR count). The summed E-state index contributed by atoms with van der Waals surface area (Å²) in [4.78, 5) is 5.54. The molecule has 86 valence electrons. The first-order valence-electron chi connectivity index (χ1n) is 5.08. The minimum Gasteiger partial charge on any atom is -0.325 e. The second-order valence-corrected chi connectivity index (χ2v) is 5.99. The fraction of sp³-hybridized carbons (Fsp3) is 0.0909. The summed E-state index contributed by atoms with van der Waals surface area (Å²) in [5, 5.41) is 4.48. The van der Waals surface area contributed by atoms with Gasteiger partial charge in [-0.3, -0.25) is 0 Å². The number of halogens is 1. The lowest BCUT2D eigenvalue weighted by Gasteiger charge is -1.98. The van der Waals surface area contributed by atoms with Crippen molar-refractivity contribution in [1.29, 1.82) is 0 Å². The largest absolute Gasteiger partial charge is 0.325 e. The van der Waals surface area contributed by atoms with Crippen LogP contribution in [0.25, 0.3) is 16.3 Å². The van der Waals surface area contributed by atoms with Crippen molar-refractivity contribution in [2.45, 2.75) is 6.54 Å². The maximum absolute atomic E-state index is 5.67. The van der Waals surface area contributed by atoms with Crippen LogP contribution < -0.4 is 5.73 Å². The predicted octanol–water partition coefficient (Wildman–Crippen LogP) is 2.68. The third-order valence-electron chi connectivity index (χ3n) is 2.44. The average molecular weight is 309 g/mol. The Morgan fingerprint density at radius 1 is 1.29 bits per heavy atom. The van der Waals surface area contributed by atoms with Crippen molar-refractivity contribution in [3.63, 3.8) is 0 Å². The molecule has 0 amide bonds. The van der Waals surface area contributed by atoms with Crippen LogP contribution >= 0.6 is 27.3 Å². The van der Waals surface area contributed by atoms with Crippen molar-refractivity contribution in [3.05, 3.63) is 39.8 Å². The molecule has 0 aliphatic rings. The molecule has 0 saturated carbocycles. The van der Waals surface area contributed by atoms with Gasteiger partial charge in [-0.1, -0.05) is 6.07 Å². The highest BCUT2D eigenvalue weighted by Crippen LogP contribution is 2.29. The summed E-state index contributed by atoms with van der Waals surface area (Å²) < 4.78 is 2.87. The zero-order chi connectivity index (χ0) is 11.8. The van der Waals surface area contributed by atoms with Gasteiger partial charge in [0.25, 0.3) is 0 Å². The molecule has 6 heteroatoms. The third-order valence-corrected chi connectivity index (χ3v) is 4.06. The molecule has 3 aromatic rings. The Bertz CT molecular complexity index is 673. The van der Waals surface area contributed by atoms with Gasteiger partial charge < -0.3 is 5.73 Å². The van der Waals surface area contributed by atoms with Gasteiger partial charge in [0.05, 0.1) is 14.4 Å². The molecular formula is C11H9BrN4S. The standard InChI is InChI=1S/C11H9BrN4S/c12-9-5-4-8(17-9)11-14-10-3-1-2-7(6-13)16(10)15-11/h1-5H,6,13H2. The molecule has 0 atom stereocenters. The van der Waals surface area contributed by atoms with E-state index in [1.54, 1.807) is 15.9 Å². The van der Waals surface area contributed by atoms with Crippen LogP contribution in [0.4, 0.5) is 0 Å². The van der Waals surface area contributed by atoms with E-state index in [-0.39, 0.29) is 0 Å². The Morgan fingerprint density at radius 3 is 2.88 bits per heavy atom. The quantitative estimate of drug-likeness (QED) is 0.792. The summed E-state index contributed by atoms with van der Waals surface area (Å²) in [6.07, 6.45) is 0. The van der Waals surface area contributed by atoms with Crippen molar-refractivity contribution in [2.75, 3.05) is 0 Å². The molecular weight excluding hydrogens is 300 g/mol. The summed E-state index contributed by atoms with van der Waals surface area (Å²) >= 11 is 5.05. The number of rotatable bonds is 2. The lowest BCUT2D eigenvalue weighted by molar-refractivity contribution is 0.853. The fourth-order valence-corrected chi connectivity index (χ4v) is 2.97. The summed E-state index contributed by atoms with van der Waals surface area (Å²) in [5.41, 5.74) is 7.46. The molecule has 0 saturated heterocycles. The number of hydrogen-bond acceptors (Lipinski definition) is 4. The Hall–Kier alpha value is -1.24. The fourth-order valence-electron chi connectivity index (χ4n) is 1.65. The number of pyridine rings is 1. The molecule has 2 N–H and O–H groups in total. The average Bonchev–Trinajstić information content (AvgIpc) is 2.93. The normalized spacial score (nSPS) is 11.2. The Kier molecular flexibility index (Phi) is 2.70. The predicted molar refractivity (Wildman–Crippen MR) is 71.9 cm³/mol. The first-order chi connectivity index (χ1) is 8.28. The van der Waals surface area contributed by atoms with Crippen LogP contribution in [0.15, 0.2) is 34.1 Å². The minimum absolute atomic E-state index is 0.453. The number of fused-ring (bicyclic) bond motifs is 1. The first kappa shape index (κ1) is 10.9. The van der Waals surface area contributed by atoms with E-state index in [0.717, 1.165) is 25.8 Å². The third kappa shape index (κ3) is 1.88. The zero-order valence-corrected chi connectivity index (χ0v) is 11.2. The Balaban J connectivity index is 2.19. The van der Waals surface area contributed by atoms with Gasteiger partial charge in [-0.25, -0.2) is 9.50 Å². The minimum atomic E-state index is 0.453. The highest BCUT2D eigenvalue weighted by Gasteiger charge is 2.09. The van der Waals surface area contributed by atoms with E-state index >= 15 is 0 Å². The van der Waals surface area contributed by atoms with E-state index in [9.17, 15) is 0 Å². The van der Waals surface area contributed by atoms with Crippen LogP contribution in [-0.2, 0) is 6.54 Å². The molecule has 4 nitrogen and oxygen atoms in total. The maximum Gasteiger partial charge on any atom is 0.192 e. The smallest absolute Gasteiger partial charge is 0.192 e. The van der Waals surface area contributed by atoms with E-state index < -0.39 is 0 Å². The Labute approximate surface area is 110 Å². The van der Waals surface area contributed by atoms with Gasteiger partial charge in [0.15, 0.2) is 11.5 Å². The Morgan fingerprint density at radius 2 is 2.18 bits per heavy atom. The van der Waals surface area contributed by atoms with Gasteiger partial charge >= 0.3 is 0 Å². The van der Waals surface area contributed by atoms with Crippen molar-refractivity contribution < 1.29 is 0 Å². The van der Waals surface area contributed by atoms with Gasteiger partial charge in [0, 0.05) is 6.54 Å². The van der Waals surface area contributed by atoms with E-state index in [4.69, 9.17) is 5.73 Å². The van der Waals surface area contributed by atoms with Crippen LogP contribution in [0, 0.1) is 0 Å². The molecule has 3 aromatic heterocycles. The molecule has 0 radical (unpaired) electrons. The molecule has 0 aromatic carbocycles. The number of nitrogens with zero attached hydrogens (tertiary/aromatic N) is 3. The lowest BCUT2D eigenvalue weighted by Crippen LogP contribution is -2.04. The summed E-state index contributed by atoms with van der Waals surface area (Å²) in [7, 11) is 0. The van der Waals surface area contributed by atoms with Crippen molar-refractivity contribution in [3.8, 4) is 10.7 Å². The van der Waals surface area contributed by atoms with Crippen molar-refractivity contribution in [1.82, 2.24) is 14.6 Å². The molecule has 0 unspecified atom stereocenters. The summed E-state index contributed by atoms with van der Waals surface area (Å²) in [6, 6.07) is 9.83. The number of hydrogen-bond donors (Lipinski definition) is 1. The van der Waals surface area contributed by atoms with Gasteiger partial charge in [-0.15, -0.1) is 16.4 Å². The number of thiophene rings is 1. The van der Waals surface area contributed by atoms with Gasteiger partial charge in [-0.05, 0) is 40.2 Å². The van der Waals surface area contributed by atoms with Gasteiger partial charge in [0.1, 0.15) is 0 Å². The molecule has 3 heterocycles. The second kappa shape index (κ2) is 4.21. The SMILES string of the molecule is NCc1cccc2nc(-c3ccc(Br)s3)nn12. The van der Waals surface area contributed by atoms with Gasteiger partial charge in [0.2, 0.25) is 0 Å². The van der Waals surface area contributed by atoms with Crippen LogP contribution in [0.5, 0.6) is 0 Å². The second-order valence-electron chi connectivity index (χ2n) is 3.53. The molecule has 0 aliphatic heterocycles. The van der Waals surface area contributed by atoms with Crippen molar-refractivity contribution in [2.24, 2.45) is 5.73 Å². The lowest BCUT2D eigenvalue weighted by atomic mass is 10.3. The van der Waals surface area contributed by atoms with E-state index in [1.807, 2.05) is 30.3 Å². The molecule has 0 fully saturated rings. The van der Waals surface area contributed by atoms with Crippen LogP contribution in [-0.4, -0.2) is 14.6 Å². The van der Waals surface area contributed by atoms with Crippen LogP contribution in [0.2, 0.25) is 0 Å². The van der Waals surface area contributed by atoms with Crippen LogP contribution in [0.1, 0.15) is 5.69 Å². The van der Waals surface area contributed by atoms with E-state index in [2.05, 4.69) is 26.0 Å². The molecule has 17 heavy (non-hydrogen) atoms. The molecule has 0 spiro atoms. The number of aromatic nitrogens is 3. The summed E-state index contributed by atoms with van der Waals surface area (Å²) in [6.45, 7) is 0.453. The highest BCUT2D eigenvalue weighted by molar-refractivity contribution is 9.11. The van der Waals surface area contributed by atoms with Crippen LogP contribution in [0.3, 0.4) is 0 Å². The topological polar surface area (TPSA) is 56.2 Å². The number of nitrogens with two attached hydrogens (primary N) is 1. The summed E-state index contributed by atoms with van der Waals surface area (Å²) in [5.74, 6) is 0.738. The maximum atomic E-state index is 5.67. The monoisotopic (exact) mass is 308 g/mol. The highest BCUT2D eigenvalue weighted by atomic mass is 79.9. The van der Waals surface area contributed by atoms with Crippen molar-refractivity contribution >= 4 is 32.9 Å². The zero-order valence-electron chi connectivity index (χ0n) is 8.80. The van der Waals surface area contributed by atoms with E-state index in [0.29, 0.717) is 6.54 Å². The molecule has 0 bridgehead atoms.